The molecule has 0 bridgehead atoms. The van der Waals surface area contributed by atoms with Gasteiger partial charge in [0.2, 0.25) is 0 Å². The number of carboxylic acids is 1. The van der Waals surface area contributed by atoms with Crippen molar-refractivity contribution in [2.45, 2.75) is 32.8 Å². The molecular weight excluding hydrogens is 246 g/mol. The molecule has 104 valence electrons. The highest BCUT2D eigenvalue weighted by Crippen LogP contribution is 2.31. The van der Waals surface area contributed by atoms with Gasteiger partial charge in [-0.3, -0.25) is 4.79 Å². The molecule has 2 heterocycles. The summed E-state index contributed by atoms with van der Waals surface area (Å²) in [6.45, 7) is 6.43. The second kappa shape index (κ2) is 4.72. The fraction of sp³-hybridized carbons (Fsp3) is 0.571. The van der Waals surface area contributed by atoms with E-state index >= 15 is 0 Å². The molecule has 1 N–H and O–H groups in total. The zero-order chi connectivity index (χ0) is 14.2. The maximum absolute atomic E-state index is 12.0. The lowest BCUT2D eigenvalue weighted by Crippen LogP contribution is -2.31. The lowest BCUT2D eigenvalue weighted by Gasteiger charge is -2.24. The van der Waals surface area contributed by atoms with Gasteiger partial charge in [0, 0.05) is 25.2 Å². The number of nitrogens with zero attached hydrogens (tertiary/aromatic N) is 1. The Balaban J connectivity index is 2.00. The molecule has 0 spiro atoms. The summed E-state index contributed by atoms with van der Waals surface area (Å²) in [6, 6.07) is 0. The number of aliphatic carboxylic acids is 1. The first-order chi connectivity index (χ1) is 8.76. The molecular formula is C14H19NO4. The molecule has 2 aliphatic heterocycles. The Bertz CT molecular complexity index is 470. The Morgan fingerprint density at radius 3 is 2.63 bits per heavy atom. The second-order valence-corrected chi connectivity index (χ2v) is 5.97. The maximum atomic E-state index is 12.0. The highest BCUT2D eigenvalue weighted by molar-refractivity contribution is 5.88. The van der Waals surface area contributed by atoms with E-state index in [-0.39, 0.29) is 11.9 Å². The van der Waals surface area contributed by atoms with Crippen LogP contribution in [0.5, 0.6) is 0 Å². The molecule has 0 amide bonds. The number of carbonyl (C=O) groups is 2. The van der Waals surface area contributed by atoms with Gasteiger partial charge in [-0.05, 0) is 32.9 Å². The molecule has 2 rings (SSSR count). The average Bonchev–Trinajstić information content (AvgIpc) is 2.68. The normalized spacial score (nSPS) is 22.5. The number of fused-ring (bicyclic) bond motifs is 1. The van der Waals surface area contributed by atoms with Crippen molar-refractivity contribution in [3.8, 4) is 0 Å². The highest BCUT2D eigenvalue weighted by Gasteiger charge is 2.36. The van der Waals surface area contributed by atoms with Crippen molar-refractivity contribution in [2.24, 2.45) is 5.92 Å². The van der Waals surface area contributed by atoms with Crippen molar-refractivity contribution in [2.75, 3.05) is 13.1 Å². The van der Waals surface area contributed by atoms with Crippen molar-refractivity contribution < 1.29 is 19.4 Å². The summed E-state index contributed by atoms with van der Waals surface area (Å²) in [5, 5.41) is 8.97. The highest BCUT2D eigenvalue weighted by atomic mass is 16.6. The Kier molecular flexibility index (Phi) is 3.39. The van der Waals surface area contributed by atoms with Crippen molar-refractivity contribution in [3.63, 3.8) is 0 Å². The number of allylic oxidation sites excluding steroid dienone is 3. The van der Waals surface area contributed by atoms with Crippen molar-refractivity contribution in [1.82, 2.24) is 4.90 Å². The third kappa shape index (κ3) is 3.16. The molecule has 0 aromatic heterocycles. The Morgan fingerprint density at radius 1 is 1.37 bits per heavy atom. The second-order valence-electron chi connectivity index (χ2n) is 5.97. The van der Waals surface area contributed by atoms with Crippen LogP contribution < -0.4 is 0 Å². The SMILES string of the molecule is CC(C)(C)OC(=O)C1CC2=CC=C(C(=O)O)CN2C1. The van der Waals surface area contributed by atoms with Crippen LogP contribution in [-0.2, 0) is 14.3 Å². The van der Waals surface area contributed by atoms with Crippen LogP contribution in [0.4, 0.5) is 0 Å². The number of esters is 1. The number of carboxylic acid groups (broad SMARTS) is 1. The Labute approximate surface area is 112 Å². The topological polar surface area (TPSA) is 66.8 Å². The van der Waals surface area contributed by atoms with E-state index in [0.717, 1.165) is 5.70 Å². The van der Waals surface area contributed by atoms with E-state index in [9.17, 15) is 9.59 Å². The van der Waals surface area contributed by atoms with Gasteiger partial charge in [-0.25, -0.2) is 4.79 Å². The molecule has 1 unspecified atom stereocenters. The van der Waals surface area contributed by atoms with Crippen LogP contribution in [0.15, 0.2) is 23.4 Å². The molecule has 0 saturated carbocycles. The monoisotopic (exact) mass is 265 g/mol. The van der Waals surface area contributed by atoms with E-state index in [0.29, 0.717) is 25.1 Å². The summed E-state index contributed by atoms with van der Waals surface area (Å²) in [5.41, 5.74) is 0.883. The van der Waals surface area contributed by atoms with E-state index < -0.39 is 11.6 Å². The number of carbonyl (C=O) groups excluding carboxylic acids is 1. The average molecular weight is 265 g/mol. The molecule has 5 heteroatoms. The zero-order valence-corrected chi connectivity index (χ0v) is 11.5. The van der Waals surface area contributed by atoms with Crippen molar-refractivity contribution in [1.29, 1.82) is 0 Å². The standard InChI is InChI=1S/C14H19NO4/c1-14(2,3)19-13(18)10-6-11-5-4-9(12(16)17)7-15(11)8-10/h4-5,10H,6-8H2,1-3H3,(H,16,17). The van der Waals surface area contributed by atoms with E-state index in [1.165, 1.54) is 0 Å². The smallest absolute Gasteiger partial charge is 0.333 e. The Hall–Kier alpha value is -1.78. The van der Waals surface area contributed by atoms with Crippen LogP contribution in [-0.4, -0.2) is 40.6 Å². The third-order valence-corrected chi connectivity index (χ3v) is 3.16. The maximum Gasteiger partial charge on any atom is 0.333 e. The minimum atomic E-state index is -0.906. The summed E-state index contributed by atoms with van der Waals surface area (Å²) in [4.78, 5) is 24.9. The van der Waals surface area contributed by atoms with Gasteiger partial charge in [0.05, 0.1) is 11.5 Å². The van der Waals surface area contributed by atoms with Crippen LogP contribution in [0.1, 0.15) is 27.2 Å². The van der Waals surface area contributed by atoms with E-state index in [1.54, 1.807) is 12.2 Å². The molecule has 1 atom stereocenters. The van der Waals surface area contributed by atoms with Crippen LogP contribution in [0.3, 0.4) is 0 Å². The Morgan fingerprint density at radius 2 is 2.05 bits per heavy atom. The molecule has 1 saturated heterocycles. The van der Waals surface area contributed by atoms with Gasteiger partial charge >= 0.3 is 11.9 Å². The molecule has 0 aromatic rings. The van der Waals surface area contributed by atoms with Crippen LogP contribution in [0.2, 0.25) is 0 Å². The summed E-state index contributed by atoms with van der Waals surface area (Å²) in [5.74, 6) is -1.32. The molecule has 0 aromatic carbocycles. The minimum Gasteiger partial charge on any atom is -0.478 e. The first-order valence-corrected chi connectivity index (χ1v) is 6.37. The van der Waals surface area contributed by atoms with E-state index in [4.69, 9.17) is 9.84 Å². The van der Waals surface area contributed by atoms with Gasteiger partial charge in [-0.1, -0.05) is 0 Å². The van der Waals surface area contributed by atoms with Gasteiger partial charge < -0.3 is 14.7 Å². The summed E-state index contributed by atoms with van der Waals surface area (Å²) in [6.07, 6.45) is 4.03. The van der Waals surface area contributed by atoms with E-state index in [2.05, 4.69) is 0 Å². The predicted octanol–water partition coefficient (Wildman–Crippen LogP) is 1.56. The third-order valence-electron chi connectivity index (χ3n) is 3.16. The summed E-state index contributed by atoms with van der Waals surface area (Å²) in [7, 11) is 0. The van der Waals surface area contributed by atoms with Crippen molar-refractivity contribution >= 4 is 11.9 Å². The van der Waals surface area contributed by atoms with Crippen molar-refractivity contribution in [3.05, 3.63) is 23.4 Å². The van der Waals surface area contributed by atoms with Gasteiger partial charge in [0.25, 0.3) is 0 Å². The zero-order valence-electron chi connectivity index (χ0n) is 11.5. The molecule has 0 radical (unpaired) electrons. The lowest BCUT2D eigenvalue weighted by atomic mass is 10.1. The molecule has 0 aliphatic carbocycles. The number of ether oxygens (including phenoxy) is 1. The number of rotatable bonds is 2. The fourth-order valence-electron chi connectivity index (χ4n) is 2.31. The first-order valence-electron chi connectivity index (χ1n) is 6.37. The van der Waals surface area contributed by atoms with Crippen LogP contribution in [0.25, 0.3) is 0 Å². The lowest BCUT2D eigenvalue weighted by molar-refractivity contribution is -0.159. The molecule has 2 aliphatic rings. The van der Waals surface area contributed by atoms with Crippen LogP contribution >= 0.6 is 0 Å². The number of hydrogen-bond acceptors (Lipinski definition) is 4. The molecule has 5 nitrogen and oxygen atoms in total. The van der Waals surface area contributed by atoms with Crippen LogP contribution in [0, 0.1) is 5.92 Å². The predicted molar refractivity (Wildman–Crippen MR) is 69.3 cm³/mol. The quantitative estimate of drug-likeness (QED) is 0.767. The largest absolute Gasteiger partial charge is 0.478 e. The summed E-state index contributed by atoms with van der Waals surface area (Å²) >= 11 is 0. The number of hydrogen-bond donors (Lipinski definition) is 1. The molecule has 19 heavy (non-hydrogen) atoms. The van der Waals surface area contributed by atoms with Gasteiger partial charge in [0.15, 0.2) is 0 Å². The fourth-order valence-corrected chi connectivity index (χ4v) is 2.31. The first kappa shape index (κ1) is 13.6. The minimum absolute atomic E-state index is 0.202. The van der Waals surface area contributed by atoms with Gasteiger partial charge in [0.1, 0.15) is 5.60 Å². The summed E-state index contributed by atoms with van der Waals surface area (Å²) < 4.78 is 5.38. The van der Waals surface area contributed by atoms with Gasteiger partial charge in [-0.2, -0.15) is 0 Å². The molecule has 1 fully saturated rings. The van der Waals surface area contributed by atoms with Gasteiger partial charge in [-0.15, -0.1) is 0 Å². The van der Waals surface area contributed by atoms with E-state index in [1.807, 2.05) is 25.7 Å².